The average Bonchev–Trinajstić information content (AvgIpc) is 2.58. The number of rotatable bonds is 5. The number of hydrogen-bond acceptors (Lipinski definition) is 4. The lowest BCUT2D eigenvalue weighted by molar-refractivity contribution is 0.0505. The highest BCUT2D eigenvalue weighted by atomic mass is 16.5. The number of ether oxygens (including phenoxy) is 1. The average molecular weight is 292 g/mol. The molecule has 4 heteroatoms. The normalized spacial score (nSPS) is 10.4. The second-order valence-electron chi connectivity index (χ2n) is 4.67. The van der Waals surface area contributed by atoms with Crippen LogP contribution < -0.4 is 0 Å². The van der Waals surface area contributed by atoms with Gasteiger partial charge < -0.3 is 4.74 Å². The van der Waals surface area contributed by atoms with Crippen molar-refractivity contribution in [3.8, 4) is 6.07 Å². The van der Waals surface area contributed by atoms with E-state index >= 15 is 0 Å². The maximum absolute atomic E-state index is 11.7. The second kappa shape index (κ2) is 7.75. The molecule has 0 heterocycles. The molecule has 0 bridgehead atoms. The van der Waals surface area contributed by atoms with Gasteiger partial charge in [0.25, 0.3) is 0 Å². The van der Waals surface area contributed by atoms with Crippen LogP contribution in [0.15, 0.2) is 53.5 Å². The number of hydrogen-bond donors (Lipinski definition) is 0. The van der Waals surface area contributed by atoms with Gasteiger partial charge in [-0.2, -0.15) is 5.26 Å². The molecular weight excluding hydrogens is 276 g/mol. The fraction of sp³-hybridized carbons (Fsp3) is 0.167. The minimum Gasteiger partial charge on any atom is -0.462 e. The van der Waals surface area contributed by atoms with Crippen LogP contribution >= 0.6 is 0 Å². The lowest BCUT2D eigenvalue weighted by Crippen LogP contribution is -2.05. The second-order valence-corrected chi connectivity index (χ2v) is 4.67. The molecule has 0 aliphatic heterocycles. The van der Waals surface area contributed by atoms with Gasteiger partial charge in [-0.1, -0.05) is 19.1 Å². The maximum Gasteiger partial charge on any atom is 0.338 e. The largest absolute Gasteiger partial charge is 0.462 e. The molecule has 0 fully saturated rings. The van der Waals surface area contributed by atoms with E-state index in [2.05, 4.69) is 11.1 Å². The Bertz CT molecular complexity index is 695. The molecule has 2 aromatic rings. The van der Waals surface area contributed by atoms with Crippen LogP contribution in [-0.4, -0.2) is 18.8 Å². The van der Waals surface area contributed by atoms with Crippen molar-refractivity contribution in [2.45, 2.75) is 13.3 Å². The van der Waals surface area contributed by atoms with Gasteiger partial charge in [0.15, 0.2) is 0 Å². The number of aliphatic imine (C=N–C) groups is 1. The Labute approximate surface area is 129 Å². The van der Waals surface area contributed by atoms with Crippen molar-refractivity contribution >= 4 is 17.9 Å². The lowest BCUT2D eigenvalue weighted by atomic mass is 10.1. The SMILES string of the molecule is CCCOC(=O)c1ccc(N=Cc2ccc(C#N)cc2)cc1. The van der Waals surface area contributed by atoms with Crippen molar-refractivity contribution in [1.82, 2.24) is 0 Å². The number of nitrogens with zero attached hydrogens (tertiary/aromatic N) is 2. The summed E-state index contributed by atoms with van der Waals surface area (Å²) in [5.41, 5.74) is 2.79. The first-order valence-electron chi connectivity index (χ1n) is 7.04. The fourth-order valence-electron chi connectivity index (χ4n) is 1.75. The lowest BCUT2D eigenvalue weighted by Gasteiger charge is -2.02. The highest BCUT2D eigenvalue weighted by Crippen LogP contribution is 2.14. The quantitative estimate of drug-likeness (QED) is 0.620. The van der Waals surface area contributed by atoms with Crippen LogP contribution in [0.4, 0.5) is 5.69 Å². The van der Waals surface area contributed by atoms with E-state index in [4.69, 9.17) is 10.00 Å². The van der Waals surface area contributed by atoms with Gasteiger partial charge in [-0.25, -0.2) is 4.79 Å². The highest BCUT2D eigenvalue weighted by Gasteiger charge is 2.05. The molecule has 0 aliphatic carbocycles. The van der Waals surface area contributed by atoms with Gasteiger partial charge in [0, 0.05) is 6.21 Å². The summed E-state index contributed by atoms with van der Waals surface area (Å²) >= 11 is 0. The minimum absolute atomic E-state index is 0.315. The Morgan fingerprint density at radius 1 is 1.18 bits per heavy atom. The number of carbonyl (C=O) groups excluding carboxylic acids is 1. The highest BCUT2D eigenvalue weighted by molar-refractivity contribution is 5.90. The van der Waals surface area contributed by atoms with Crippen LogP contribution in [0.3, 0.4) is 0 Å². The van der Waals surface area contributed by atoms with Crippen LogP contribution in [0.25, 0.3) is 0 Å². The van der Waals surface area contributed by atoms with Gasteiger partial charge >= 0.3 is 5.97 Å². The topological polar surface area (TPSA) is 62.4 Å². The Hall–Kier alpha value is -2.93. The first-order chi connectivity index (χ1) is 10.7. The van der Waals surface area contributed by atoms with E-state index in [-0.39, 0.29) is 5.97 Å². The van der Waals surface area contributed by atoms with Gasteiger partial charge in [-0.05, 0) is 48.4 Å². The summed E-state index contributed by atoms with van der Waals surface area (Å²) in [5, 5.41) is 8.74. The molecule has 0 amide bonds. The standard InChI is InChI=1S/C18H16N2O2/c1-2-11-22-18(21)16-7-9-17(10-8-16)20-13-15-5-3-14(12-19)4-6-15/h3-10,13H,2,11H2,1H3. The Balaban J connectivity index is 2.02. The molecule has 0 unspecified atom stereocenters. The van der Waals surface area contributed by atoms with Gasteiger partial charge in [-0.15, -0.1) is 0 Å². The van der Waals surface area contributed by atoms with Crippen molar-refractivity contribution in [2.75, 3.05) is 6.61 Å². The zero-order chi connectivity index (χ0) is 15.8. The van der Waals surface area contributed by atoms with E-state index in [1.807, 2.05) is 19.1 Å². The summed E-state index contributed by atoms with van der Waals surface area (Å²) < 4.78 is 5.06. The molecule has 0 aliphatic rings. The fourth-order valence-corrected chi connectivity index (χ4v) is 1.75. The number of esters is 1. The number of nitriles is 1. The number of benzene rings is 2. The van der Waals surface area contributed by atoms with Crippen LogP contribution in [-0.2, 0) is 4.74 Å². The third kappa shape index (κ3) is 4.29. The monoisotopic (exact) mass is 292 g/mol. The molecule has 0 atom stereocenters. The maximum atomic E-state index is 11.7. The van der Waals surface area contributed by atoms with Crippen LogP contribution in [0, 0.1) is 11.3 Å². The van der Waals surface area contributed by atoms with E-state index in [9.17, 15) is 4.79 Å². The van der Waals surface area contributed by atoms with Gasteiger partial charge in [0.1, 0.15) is 0 Å². The third-order valence-electron chi connectivity index (χ3n) is 2.94. The van der Waals surface area contributed by atoms with Crippen LogP contribution in [0.1, 0.15) is 34.8 Å². The zero-order valence-electron chi connectivity index (χ0n) is 12.3. The van der Waals surface area contributed by atoms with E-state index in [0.29, 0.717) is 17.7 Å². The molecule has 0 N–H and O–H groups in total. The van der Waals surface area contributed by atoms with Crippen molar-refractivity contribution in [3.05, 3.63) is 65.2 Å². The summed E-state index contributed by atoms with van der Waals surface area (Å²) in [6.07, 6.45) is 2.52. The zero-order valence-corrected chi connectivity index (χ0v) is 12.3. The molecule has 22 heavy (non-hydrogen) atoms. The Kier molecular flexibility index (Phi) is 5.44. The summed E-state index contributed by atoms with van der Waals surface area (Å²) in [5.74, 6) is -0.315. The Morgan fingerprint density at radius 3 is 2.45 bits per heavy atom. The van der Waals surface area contributed by atoms with Crippen molar-refractivity contribution in [1.29, 1.82) is 5.26 Å². The van der Waals surface area contributed by atoms with E-state index in [1.165, 1.54) is 0 Å². The first kappa shape index (κ1) is 15.5. The summed E-state index contributed by atoms with van der Waals surface area (Å²) in [6.45, 7) is 2.38. The van der Waals surface area contributed by atoms with Gasteiger partial charge in [0.2, 0.25) is 0 Å². The first-order valence-corrected chi connectivity index (χ1v) is 7.04. The molecule has 0 aromatic heterocycles. The molecule has 0 radical (unpaired) electrons. The smallest absolute Gasteiger partial charge is 0.338 e. The Morgan fingerprint density at radius 2 is 1.86 bits per heavy atom. The summed E-state index contributed by atoms with van der Waals surface area (Å²) in [4.78, 5) is 16.0. The van der Waals surface area contributed by atoms with E-state index in [1.54, 1.807) is 42.6 Å². The number of carbonyl (C=O) groups is 1. The van der Waals surface area contributed by atoms with E-state index < -0.39 is 0 Å². The molecule has 0 saturated carbocycles. The molecule has 2 aromatic carbocycles. The summed E-state index contributed by atoms with van der Waals surface area (Å²) in [7, 11) is 0. The molecule has 0 saturated heterocycles. The van der Waals surface area contributed by atoms with Crippen molar-refractivity contribution < 1.29 is 9.53 Å². The third-order valence-corrected chi connectivity index (χ3v) is 2.94. The van der Waals surface area contributed by atoms with Crippen molar-refractivity contribution in [3.63, 3.8) is 0 Å². The predicted octanol–water partition coefficient (Wildman–Crippen LogP) is 3.88. The minimum atomic E-state index is -0.315. The predicted molar refractivity (Wildman–Crippen MR) is 85.4 cm³/mol. The van der Waals surface area contributed by atoms with Gasteiger partial charge in [-0.3, -0.25) is 4.99 Å². The van der Waals surface area contributed by atoms with Gasteiger partial charge in [0.05, 0.1) is 29.5 Å². The molecule has 4 nitrogen and oxygen atoms in total. The molecule has 0 spiro atoms. The van der Waals surface area contributed by atoms with Crippen molar-refractivity contribution in [2.24, 2.45) is 4.99 Å². The molecular formula is C18H16N2O2. The van der Waals surface area contributed by atoms with Crippen LogP contribution in [0.5, 0.6) is 0 Å². The molecule has 110 valence electrons. The summed E-state index contributed by atoms with van der Waals surface area (Å²) in [6, 6.07) is 16.2. The van der Waals surface area contributed by atoms with E-state index in [0.717, 1.165) is 17.7 Å². The van der Waals surface area contributed by atoms with Crippen LogP contribution in [0.2, 0.25) is 0 Å². The molecule has 2 rings (SSSR count).